The third-order valence-corrected chi connectivity index (χ3v) is 4.13. The average Bonchev–Trinajstić information content (AvgIpc) is 2.84. The minimum atomic E-state index is -0.227. The Kier molecular flexibility index (Phi) is 4.65. The SMILES string of the molecule is CC(C)[C@H](NC(=O)[C@H]1CCN(C)C(=O)C1)c1nccn1C. The van der Waals surface area contributed by atoms with Crippen LogP contribution in [0.25, 0.3) is 0 Å². The van der Waals surface area contributed by atoms with Crippen LogP contribution in [0.5, 0.6) is 0 Å². The monoisotopic (exact) mass is 292 g/mol. The number of amides is 2. The fourth-order valence-electron chi connectivity index (χ4n) is 2.64. The minimum absolute atomic E-state index is 0.0412. The van der Waals surface area contributed by atoms with Crippen molar-refractivity contribution in [3.05, 3.63) is 18.2 Å². The van der Waals surface area contributed by atoms with Crippen LogP contribution in [-0.4, -0.2) is 39.9 Å². The highest BCUT2D eigenvalue weighted by molar-refractivity contribution is 5.87. The smallest absolute Gasteiger partial charge is 0.224 e. The molecular formula is C15H24N4O2. The number of imidazole rings is 1. The van der Waals surface area contributed by atoms with E-state index < -0.39 is 0 Å². The molecule has 1 fully saturated rings. The van der Waals surface area contributed by atoms with E-state index in [4.69, 9.17) is 0 Å². The number of aryl methyl sites for hydroxylation is 1. The normalized spacial score (nSPS) is 20.7. The van der Waals surface area contributed by atoms with Gasteiger partial charge in [-0.1, -0.05) is 13.8 Å². The van der Waals surface area contributed by atoms with E-state index in [2.05, 4.69) is 24.1 Å². The molecule has 0 saturated carbocycles. The van der Waals surface area contributed by atoms with Crippen molar-refractivity contribution in [2.75, 3.05) is 13.6 Å². The van der Waals surface area contributed by atoms with E-state index in [0.717, 1.165) is 12.2 Å². The Balaban J connectivity index is 2.06. The first-order valence-electron chi connectivity index (χ1n) is 7.41. The van der Waals surface area contributed by atoms with Gasteiger partial charge >= 0.3 is 0 Å². The van der Waals surface area contributed by atoms with Crippen molar-refractivity contribution >= 4 is 11.8 Å². The molecule has 0 aliphatic carbocycles. The third-order valence-electron chi connectivity index (χ3n) is 4.13. The molecule has 1 aliphatic rings. The lowest BCUT2D eigenvalue weighted by molar-refractivity contribution is -0.139. The zero-order valence-electron chi connectivity index (χ0n) is 13.2. The second-order valence-corrected chi connectivity index (χ2v) is 6.13. The average molecular weight is 292 g/mol. The Bertz CT molecular complexity index is 523. The van der Waals surface area contributed by atoms with Crippen LogP contribution < -0.4 is 5.32 Å². The van der Waals surface area contributed by atoms with Gasteiger partial charge in [-0.05, 0) is 12.3 Å². The van der Waals surface area contributed by atoms with Gasteiger partial charge in [-0.3, -0.25) is 9.59 Å². The van der Waals surface area contributed by atoms with Crippen molar-refractivity contribution in [1.82, 2.24) is 19.8 Å². The van der Waals surface area contributed by atoms with Gasteiger partial charge in [0.1, 0.15) is 5.82 Å². The quantitative estimate of drug-likeness (QED) is 0.903. The lowest BCUT2D eigenvalue weighted by atomic mass is 9.94. The van der Waals surface area contributed by atoms with Gasteiger partial charge in [-0.2, -0.15) is 0 Å². The second-order valence-electron chi connectivity index (χ2n) is 6.13. The lowest BCUT2D eigenvalue weighted by Crippen LogP contribution is -2.44. The van der Waals surface area contributed by atoms with Crippen LogP contribution in [0.2, 0.25) is 0 Å². The molecule has 0 radical (unpaired) electrons. The molecule has 2 amide bonds. The molecule has 2 atom stereocenters. The maximum Gasteiger partial charge on any atom is 0.224 e. The Labute approximate surface area is 125 Å². The molecule has 0 spiro atoms. The molecule has 2 heterocycles. The second kappa shape index (κ2) is 6.28. The summed E-state index contributed by atoms with van der Waals surface area (Å²) in [6, 6.07) is -0.132. The fraction of sp³-hybridized carbons (Fsp3) is 0.667. The number of hydrogen-bond donors (Lipinski definition) is 1. The van der Waals surface area contributed by atoms with Crippen LogP contribution in [0, 0.1) is 11.8 Å². The Hall–Kier alpha value is -1.85. The maximum atomic E-state index is 12.5. The molecule has 2 rings (SSSR count). The first-order valence-corrected chi connectivity index (χ1v) is 7.41. The largest absolute Gasteiger partial charge is 0.346 e. The fourth-order valence-corrected chi connectivity index (χ4v) is 2.64. The molecule has 1 saturated heterocycles. The topological polar surface area (TPSA) is 67.2 Å². The van der Waals surface area contributed by atoms with Crippen molar-refractivity contribution in [1.29, 1.82) is 0 Å². The standard InChI is InChI=1S/C15H24N4O2/c1-10(2)13(14-16-6-8-19(14)4)17-15(21)11-5-7-18(3)12(20)9-11/h6,8,10-11,13H,5,7,9H2,1-4H3,(H,17,21)/t11-,13-/m0/s1. The summed E-state index contributed by atoms with van der Waals surface area (Å²) in [5.41, 5.74) is 0. The van der Waals surface area contributed by atoms with Gasteiger partial charge in [0.05, 0.1) is 6.04 Å². The number of nitrogens with one attached hydrogen (secondary N) is 1. The lowest BCUT2D eigenvalue weighted by Gasteiger charge is -2.30. The number of carbonyl (C=O) groups excluding carboxylic acids is 2. The van der Waals surface area contributed by atoms with E-state index in [9.17, 15) is 9.59 Å². The van der Waals surface area contributed by atoms with E-state index in [1.807, 2.05) is 17.8 Å². The van der Waals surface area contributed by atoms with Crippen LogP contribution >= 0.6 is 0 Å². The van der Waals surface area contributed by atoms with Gasteiger partial charge in [0.15, 0.2) is 0 Å². The van der Waals surface area contributed by atoms with Crippen LogP contribution in [0.4, 0.5) is 0 Å². The van der Waals surface area contributed by atoms with Crippen molar-refractivity contribution < 1.29 is 9.59 Å². The first kappa shape index (κ1) is 15.5. The number of hydrogen-bond acceptors (Lipinski definition) is 3. The summed E-state index contributed by atoms with van der Waals surface area (Å²) in [5.74, 6) is 0.850. The van der Waals surface area contributed by atoms with Gasteiger partial charge in [-0.15, -0.1) is 0 Å². The molecule has 116 valence electrons. The summed E-state index contributed by atoms with van der Waals surface area (Å²) in [5, 5.41) is 3.07. The molecule has 0 aromatic carbocycles. The highest BCUT2D eigenvalue weighted by Gasteiger charge is 2.31. The van der Waals surface area contributed by atoms with E-state index in [-0.39, 0.29) is 29.7 Å². The van der Waals surface area contributed by atoms with E-state index >= 15 is 0 Å². The number of aromatic nitrogens is 2. The predicted molar refractivity (Wildman–Crippen MR) is 79.3 cm³/mol. The molecule has 1 aromatic heterocycles. The van der Waals surface area contributed by atoms with E-state index in [1.54, 1.807) is 18.1 Å². The van der Waals surface area contributed by atoms with E-state index in [0.29, 0.717) is 13.0 Å². The van der Waals surface area contributed by atoms with E-state index in [1.165, 1.54) is 0 Å². The van der Waals surface area contributed by atoms with Crippen molar-refractivity contribution in [2.45, 2.75) is 32.7 Å². The summed E-state index contributed by atoms with van der Waals surface area (Å²) in [7, 11) is 3.70. The van der Waals surface area contributed by atoms with Crippen molar-refractivity contribution in [3.63, 3.8) is 0 Å². The van der Waals surface area contributed by atoms with Crippen LogP contribution in [0.1, 0.15) is 38.6 Å². The molecule has 6 heteroatoms. The number of piperidine rings is 1. The number of carbonyl (C=O) groups is 2. The number of nitrogens with zero attached hydrogens (tertiary/aromatic N) is 3. The molecule has 6 nitrogen and oxygen atoms in total. The zero-order chi connectivity index (χ0) is 15.6. The maximum absolute atomic E-state index is 12.5. The summed E-state index contributed by atoms with van der Waals surface area (Å²) in [6.45, 7) is 4.75. The van der Waals surface area contributed by atoms with Crippen molar-refractivity contribution in [2.24, 2.45) is 18.9 Å². The summed E-state index contributed by atoms with van der Waals surface area (Å²) in [6.07, 6.45) is 4.62. The van der Waals surface area contributed by atoms with Gasteiger partial charge in [0.2, 0.25) is 11.8 Å². The Morgan fingerprint density at radius 2 is 2.14 bits per heavy atom. The molecule has 21 heavy (non-hydrogen) atoms. The zero-order valence-corrected chi connectivity index (χ0v) is 13.2. The molecule has 1 aromatic rings. The number of likely N-dealkylation sites (tertiary alicyclic amines) is 1. The molecule has 1 aliphatic heterocycles. The molecule has 0 bridgehead atoms. The molecular weight excluding hydrogens is 268 g/mol. The van der Waals surface area contributed by atoms with Gasteiger partial charge in [0, 0.05) is 45.4 Å². The third kappa shape index (κ3) is 3.43. The highest BCUT2D eigenvalue weighted by Crippen LogP contribution is 2.23. The van der Waals surface area contributed by atoms with Gasteiger partial charge in [0.25, 0.3) is 0 Å². The van der Waals surface area contributed by atoms with Gasteiger partial charge in [-0.25, -0.2) is 4.98 Å². The molecule has 1 N–H and O–H groups in total. The highest BCUT2D eigenvalue weighted by atomic mass is 16.2. The first-order chi connectivity index (χ1) is 9.90. The van der Waals surface area contributed by atoms with Crippen LogP contribution in [-0.2, 0) is 16.6 Å². The predicted octanol–water partition coefficient (Wildman–Crippen LogP) is 1.10. The van der Waals surface area contributed by atoms with Crippen LogP contribution in [0.15, 0.2) is 12.4 Å². The summed E-state index contributed by atoms with van der Waals surface area (Å²) < 4.78 is 1.92. The summed E-state index contributed by atoms with van der Waals surface area (Å²) >= 11 is 0. The van der Waals surface area contributed by atoms with Crippen molar-refractivity contribution in [3.8, 4) is 0 Å². The summed E-state index contributed by atoms with van der Waals surface area (Å²) in [4.78, 5) is 30.2. The number of rotatable bonds is 4. The molecule has 0 unspecified atom stereocenters. The van der Waals surface area contributed by atoms with Gasteiger partial charge < -0.3 is 14.8 Å². The minimum Gasteiger partial charge on any atom is -0.346 e. The Morgan fingerprint density at radius 1 is 1.43 bits per heavy atom. The van der Waals surface area contributed by atoms with Crippen LogP contribution in [0.3, 0.4) is 0 Å². The Morgan fingerprint density at radius 3 is 2.67 bits per heavy atom.